The van der Waals surface area contributed by atoms with Crippen LogP contribution in [0.2, 0.25) is 0 Å². The number of nitrogens with zero attached hydrogens (tertiary/aromatic N) is 2. The monoisotopic (exact) mass is 380 g/mol. The lowest BCUT2D eigenvalue weighted by Gasteiger charge is -2.18. The molecule has 0 fully saturated rings. The fraction of sp³-hybridized carbons (Fsp3) is 0.200. The van der Waals surface area contributed by atoms with Gasteiger partial charge in [-0.1, -0.05) is 6.07 Å². The van der Waals surface area contributed by atoms with Crippen molar-refractivity contribution in [2.24, 2.45) is 0 Å². The van der Waals surface area contributed by atoms with Gasteiger partial charge in [0.15, 0.2) is 5.82 Å². The van der Waals surface area contributed by atoms with Gasteiger partial charge in [-0.15, -0.1) is 0 Å². The average Bonchev–Trinajstić information content (AvgIpc) is 2.73. The first-order chi connectivity index (χ1) is 13.5. The molecule has 2 N–H and O–H groups in total. The molecule has 0 aliphatic carbocycles. The minimum Gasteiger partial charge on any atom is -0.497 e. The van der Waals surface area contributed by atoms with Gasteiger partial charge in [0.05, 0.1) is 20.3 Å². The quantitative estimate of drug-likeness (QED) is 0.680. The van der Waals surface area contributed by atoms with Gasteiger partial charge in [-0.25, -0.2) is 4.98 Å². The van der Waals surface area contributed by atoms with Crippen LogP contribution in [-0.4, -0.2) is 35.1 Å². The molecule has 0 aliphatic heterocycles. The Balaban J connectivity index is 1.82. The lowest BCUT2D eigenvalue weighted by atomic mass is 10.1. The van der Waals surface area contributed by atoms with Crippen LogP contribution in [0.15, 0.2) is 53.6 Å². The zero-order chi connectivity index (χ0) is 20.1. The molecule has 0 unspecified atom stereocenters. The van der Waals surface area contributed by atoms with Crippen LogP contribution in [0.1, 0.15) is 28.9 Å². The van der Waals surface area contributed by atoms with Crippen LogP contribution < -0.4 is 20.3 Å². The number of carbonyl (C=O) groups excluding carboxylic acids is 1. The second-order valence-corrected chi connectivity index (χ2v) is 5.99. The van der Waals surface area contributed by atoms with Crippen LogP contribution in [-0.2, 0) is 0 Å². The van der Waals surface area contributed by atoms with Gasteiger partial charge >= 0.3 is 0 Å². The molecule has 144 valence electrons. The number of methoxy groups -OCH3 is 2. The molecule has 8 nitrogen and oxygen atoms in total. The molecule has 1 aromatic carbocycles. The fourth-order valence-electron chi connectivity index (χ4n) is 2.72. The molecular formula is C20H20N4O4. The Morgan fingerprint density at radius 3 is 2.61 bits per heavy atom. The highest BCUT2D eigenvalue weighted by Gasteiger charge is 2.19. The van der Waals surface area contributed by atoms with E-state index >= 15 is 0 Å². The van der Waals surface area contributed by atoms with Gasteiger partial charge in [0.1, 0.15) is 22.8 Å². The second kappa shape index (κ2) is 8.34. The maximum Gasteiger partial charge on any atom is 0.264 e. The topological polar surface area (TPSA) is 106 Å². The fourth-order valence-corrected chi connectivity index (χ4v) is 2.72. The molecule has 3 rings (SSSR count). The van der Waals surface area contributed by atoms with Crippen molar-refractivity contribution in [1.82, 2.24) is 20.3 Å². The summed E-state index contributed by atoms with van der Waals surface area (Å²) in [6, 6.07) is 10.1. The molecule has 0 radical (unpaired) electrons. The van der Waals surface area contributed by atoms with E-state index in [2.05, 4.69) is 20.3 Å². The lowest BCUT2D eigenvalue weighted by Crippen LogP contribution is -2.32. The highest BCUT2D eigenvalue weighted by molar-refractivity contribution is 5.93. The SMILES string of the molecule is COc1ccc(OC)c([C@@H](C)NC(=O)c2cnc(-c3ccccn3)[nH]c2=O)c1. The van der Waals surface area contributed by atoms with Gasteiger partial charge in [-0.2, -0.15) is 0 Å². The number of hydrogen-bond donors (Lipinski definition) is 2. The number of aromatic amines is 1. The van der Waals surface area contributed by atoms with E-state index < -0.39 is 17.5 Å². The number of benzene rings is 1. The number of aromatic nitrogens is 3. The van der Waals surface area contributed by atoms with Gasteiger partial charge < -0.3 is 19.8 Å². The Morgan fingerprint density at radius 2 is 1.96 bits per heavy atom. The molecule has 3 aromatic rings. The van der Waals surface area contributed by atoms with E-state index in [-0.39, 0.29) is 5.56 Å². The third kappa shape index (κ3) is 4.01. The summed E-state index contributed by atoms with van der Waals surface area (Å²) in [7, 11) is 3.11. The number of amides is 1. The number of carbonyl (C=O) groups is 1. The molecule has 2 aromatic heterocycles. The molecule has 28 heavy (non-hydrogen) atoms. The first kappa shape index (κ1) is 19.1. The summed E-state index contributed by atoms with van der Waals surface area (Å²) < 4.78 is 10.6. The lowest BCUT2D eigenvalue weighted by molar-refractivity contribution is 0.0937. The molecule has 1 atom stereocenters. The summed E-state index contributed by atoms with van der Waals surface area (Å²) >= 11 is 0. The summed E-state index contributed by atoms with van der Waals surface area (Å²) in [5.41, 5.74) is 0.608. The summed E-state index contributed by atoms with van der Waals surface area (Å²) in [5, 5.41) is 2.79. The van der Waals surface area contributed by atoms with Gasteiger partial charge in [0.2, 0.25) is 0 Å². The van der Waals surface area contributed by atoms with E-state index in [1.54, 1.807) is 63.7 Å². The first-order valence-electron chi connectivity index (χ1n) is 8.57. The molecule has 2 heterocycles. The molecule has 0 bridgehead atoms. The van der Waals surface area contributed by atoms with E-state index in [0.29, 0.717) is 23.0 Å². The minimum atomic E-state index is -0.544. The van der Waals surface area contributed by atoms with Crippen LogP contribution in [0.25, 0.3) is 11.5 Å². The van der Waals surface area contributed by atoms with Crippen molar-refractivity contribution in [2.75, 3.05) is 14.2 Å². The number of ether oxygens (including phenoxy) is 2. The first-order valence-corrected chi connectivity index (χ1v) is 8.57. The molecule has 0 aliphatic rings. The number of nitrogens with one attached hydrogen (secondary N) is 2. The largest absolute Gasteiger partial charge is 0.497 e. The van der Waals surface area contributed by atoms with E-state index in [1.807, 2.05) is 0 Å². The summed E-state index contributed by atoms with van der Waals surface area (Å²) in [6.07, 6.45) is 2.84. The molecular weight excluding hydrogens is 360 g/mol. The highest BCUT2D eigenvalue weighted by atomic mass is 16.5. The number of H-pyrrole nitrogens is 1. The second-order valence-electron chi connectivity index (χ2n) is 5.99. The number of hydrogen-bond acceptors (Lipinski definition) is 6. The van der Waals surface area contributed by atoms with Gasteiger partial charge in [-0.3, -0.25) is 14.6 Å². The average molecular weight is 380 g/mol. The number of rotatable bonds is 6. The van der Waals surface area contributed by atoms with E-state index in [9.17, 15) is 9.59 Å². The zero-order valence-electron chi connectivity index (χ0n) is 15.7. The van der Waals surface area contributed by atoms with Crippen LogP contribution in [0, 0.1) is 0 Å². The molecule has 1 amide bonds. The molecule has 0 saturated carbocycles. The van der Waals surface area contributed by atoms with Gasteiger partial charge in [0, 0.05) is 18.0 Å². The van der Waals surface area contributed by atoms with E-state index in [4.69, 9.17) is 9.47 Å². The molecule has 0 saturated heterocycles. The maximum absolute atomic E-state index is 12.6. The van der Waals surface area contributed by atoms with Gasteiger partial charge in [0.25, 0.3) is 11.5 Å². The van der Waals surface area contributed by atoms with Crippen molar-refractivity contribution in [1.29, 1.82) is 0 Å². The third-order valence-electron chi connectivity index (χ3n) is 4.20. The molecule has 8 heteroatoms. The summed E-state index contributed by atoms with van der Waals surface area (Å²) in [6.45, 7) is 1.79. The van der Waals surface area contributed by atoms with Crippen molar-refractivity contribution >= 4 is 5.91 Å². The van der Waals surface area contributed by atoms with Crippen LogP contribution in [0.5, 0.6) is 11.5 Å². The Hall–Kier alpha value is -3.68. The predicted octanol–water partition coefficient (Wildman–Crippen LogP) is 2.34. The minimum absolute atomic E-state index is 0.0894. The summed E-state index contributed by atoms with van der Waals surface area (Å²) in [5.74, 6) is 0.991. The van der Waals surface area contributed by atoms with Crippen molar-refractivity contribution < 1.29 is 14.3 Å². The Kier molecular flexibility index (Phi) is 5.69. The van der Waals surface area contributed by atoms with E-state index in [1.165, 1.54) is 6.20 Å². The highest BCUT2D eigenvalue weighted by Crippen LogP contribution is 2.29. The van der Waals surface area contributed by atoms with Crippen LogP contribution in [0.4, 0.5) is 0 Å². The van der Waals surface area contributed by atoms with Crippen molar-refractivity contribution in [3.8, 4) is 23.0 Å². The van der Waals surface area contributed by atoms with Crippen molar-refractivity contribution in [2.45, 2.75) is 13.0 Å². The number of pyridine rings is 1. The Labute approximate surface area is 161 Å². The van der Waals surface area contributed by atoms with Crippen LogP contribution >= 0.6 is 0 Å². The third-order valence-corrected chi connectivity index (χ3v) is 4.20. The normalized spacial score (nSPS) is 11.5. The standard InChI is InChI=1S/C20H20N4O4/c1-12(14-10-13(27-2)7-8-17(14)28-3)23-19(25)15-11-22-18(24-20(15)26)16-6-4-5-9-21-16/h4-12H,1-3H3,(H,23,25)(H,22,24,26)/t12-/m1/s1. The van der Waals surface area contributed by atoms with Crippen molar-refractivity contribution in [3.63, 3.8) is 0 Å². The van der Waals surface area contributed by atoms with Gasteiger partial charge in [-0.05, 0) is 37.3 Å². The Morgan fingerprint density at radius 1 is 1.14 bits per heavy atom. The van der Waals surface area contributed by atoms with Crippen molar-refractivity contribution in [3.05, 3.63) is 70.3 Å². The maximum atomic E-state index is 12.6. The Bertz CT molecular complexity index is 1030. The smallest absolute Gasteiger partial charge is 0.264 e. The zero-order valence-corrected chi connectivity index (χ0v) is 15.7. The molecule has 0 spiro atoms. The predicted molar refractivity (Wildman–Crippen MR) is 104 cm³/mol. The van der Waals surface area contributed by atoms with E-state index in [0.717, 1.165) is 5.56 Å². The van der Waals surface area contributed by atoms with Crippen LogP contribution in [0.3, 0.4) is 0 Å². The summed E-state index contributed by atoms with van der Waals surface area (Å²) in [4.78, 5) is 35.8.